The molecule has 7 nitrogen and oxygen atoms in total. The summed E-state index contributed by atoms with van der Waals surface area (Å²) in [5.74, 6) is -0.198. The second-order valence-corrected chi connectivity index (χ2v) is 7.85. The van der Waals surface area contributed by atoms with Gasteiger partial charge in [-0.2, -0.15) is 0 Å². The van der Waals surface area contributed by atoms with Gasteiger partial charge in [-0.25, -0.2) is 8.42 Å². The lowest BCUT2D eigenvalue weighted by atomic mass is 10.2. The van der Waals surface area contributed by atoms with E-state index in [0.717, 1.165) is 5.56 Å². The van der Waals surface area contributed by atoms with Crippen molar-refractivity contribution in [1.29, 1.82) is 0 Å². The van der Waals surface area contributed by atoms with Crippen LogP contribution >= 0.6 is 0 Å². The maximum Gasteiger partial charge on any atom is 0.322 e. The number of nitrogens with zero attached hydrogens (tertiary/aromatic N) is 2. The Bertz CT molecular complexity index is 1060. The van der Waals surface area contributed by atoms with Crippen LogP contribution in [0.15, 0.2) is 70.0 Å². The van der Waals surface area contributed by atoms with Crippen LogP contribution in [0.1, 0.15) is 12.5 Å². The van der Waals surface area contributed by atoms with Crippen LogP contribution in [0.4, 0.5) is 6.01 Å². The van der Waals surface area contributed by atoms with Gasteiger partial charge in [-0.05, 0) is 35.9 Å². The highest BCUT2D eigenvalue weighted by atomic mass is 32.2. The van der Waals surface area contributed by atoms with E-state index in [4.69, 9.17) is 4.42 Å². The number of hydrogen-bond acceptors (Lipinski definition) is 6. The lowest BCUT2D eigenvalue weighted by molar-refractivity contribution is -0.112. The molecular formula is C19H17N3O4S. The lowest BCUT2D eigenvalue weighted by Crippen LogP contribution is -2.07. The number of nitrogens with one attached hydrogen (secondary N) is 1. The highest BCUT2D eigenvalue weighted by Gasteiger charge is 2.14. The maximum atomic E-state index is 11.9. The van der Waals surface area contributed by atoms with Crippen LogP contribution in [0.5, 0.6) is 0 Å². The fraction of sp³-hybridized carbons (Fsp3) is 0.105. The second-order valence-electron chi connectivity index (χ2n) is 5.57. The van der Waals surface area contributed by atoms with Crippen LogP contribution in [-0.4, -0.2) is 30.3 Å². The van der Waals surface area contributed by atoms with E-state index in [1.165, 1.54) is 18.2 Å². The molecule has 138 valence electrons. The largest absolute Gasteiger partial charge is 0.403 e. The SMILES string of the molecule is CCS(=O)(=O)c1ccc(-c2nnc(NC(=O)C=Cc3ccccc3)o2)cc1. The van der Waals surface area contributed by atoms with E-state index in [1.807, 2.05) is 30.3 Å². The molecule has 0 fully saturated rings. The Morgan fingerprint density at radius 2 is 1.78 bits per heavy atom. The zero-order chi connectivity index (χ0) is 19.3. The predicted molar refractivity (Wildman–Crippen MR) is 102 cm³/mol. The average molecular weight is 383 g/mol. The fourth-order valence-corrected chi connectivity index (χ4v) is 3.13. The summed E-state index contributed by atoms with van der Waals surface area (Å²) in [4.78, 5) is 12.2. The smallest absolute Gasteiger partial charge is 0.322 e. The molecule has 0 radical (unpaired) electrons. The molecule has 1 amide bonds. The van der Waals surface area contributed by atoms with E-state index >= 15 is 0 Å². The molecule has 1 heterocycles. The van der Waals surface area contributed by atoms with Crippen molar-refractivity contribution >= 4 is 27.8 Å². The van der Waals surface area contributed by atoms with E-state index in [9.17, 15) is 13.2 Å². The molecule has 0 bridgehead atoms. The fourth-order valence-electron chi connectivity index (χ4n) is 2.25. The van der Waals surface area contributed by atoms with Crippen LogP contribution in [0, 0.1) is 0 Å². The van der Waals surface area contributed by atoms with Gasteiger partial charge in [0.15, 0.2) is 9.84 Å². The molecule has 0 aliphatic heterocycles. The van der Waals surface area contributed by atoms with Gasteiger partial charge in [0.1, 0.15) is 0 Å². The van der Waals surface area contributed by atoms with Crippen LogP contribution < -0.4 is 5.32 Å². The van der Waals surface area contributed by atoms with Crippen LogP contribution in [0.25, 0.3) is 17.5 Å². The van der Waals surface area contributed by atoms with Gasteiger partial charge in [0.05, 0.1) is 10.6 Å². The molecule has 0 aliphatic rings. The minimum Gasteiger partial charge on any atom is -0.403 e. The third-order valence-electron chi connectivity index (χ3n) is 3.72. The maximum absolute atomic E-state index is 11.9. The van der Waals surface area contributed by atoms with Gasteiger partial charge in [-0.15, -0.1) is 5.10 Å². The van der Waals surface area contributed by atoms with Gasteiger partial charge >= 0.3 is 6.01 Å². The first-order valence-electron chi connectivity index (χ1n) is 8.19. The molecule has 0 unspecified atom stereocenters. The van der Waals surface area contributed by atoms with E-state index in [0.29, 0.717) is 5.56 Å². The Labute approximate surface area is 156 Å². The number of amides is 1. The normalized spacial score (nSPS) is 11.6. The summed E-state index contributed by atoms with van der Waals surface area (Å²) in [5, 5.41) is 10.1. The number of aromatic nitrogens is 2. The molecule has 1 aromatic heterocycles. The molecule has 0 atom stereocenters. The Hall–Kier alpha value is -3.26. The minimum atomic E-state index is -3.27. The number of anilines is 1. The molecule has 27 heavy (non-hydrogen) atoms. The van der Waals surface area contributed by atoms with Gasteiger partial charge in [-0.3, -0.25) is 10.1 Å². The summed E-state index contributed by atoms with van der Waals surface area (Å²) in [6.45, 7) is 1.59. The number of carbonyl (C=O) groups excluding carboxylic acids is 1. The lowest BCUT2D eigenvalue weighted by Gasteiger charge is -2.01. The van der Waals surface area contributed by atoms with Crippen molar-refractivity contribution in [3.05, 3.63) is 66.2 Å². The molecule has 8 heteroatoms. The van der Waals surface area contributed by atoms with Crippen molar-refractivity contribution in [3.63, 3.8) is 0 Å². The van der Waals surface area contributed by atoms with Gasteiger partial charge in [0.25, 0.3) is 5.91 Å². The predicted octanol–water partition coefficient (Wildman–Crippen LogP) is 3.18. The summed E-state index contributed by atoms with van der Waals surface area (Å²) in [7, 11) is -3.27. The third kappa shape index (κ3) is 4.68. The Morgan fingerprint density at radius 3 is 2.44 bits per heavy atom. The van der Waals surface area contributed by atoms with Crippen molar-refractivity contribution < 1.29 is 17.6 Å². The van der Waals surface area contributed by atoms with Gasteiger partial charge in [0, 0.05) is 11.6 Å². The molecule has 0 aliphatic carbocycles. The molecule has 3 rings (SSSR count). The summed E-state index contributed by atoms with van der Waals surface area (Å²) < 4.78 is 29.1. The number of rotatable bonds is 6. The standard InChI is InChI=1S/C19H17N3O4S/c1-2-27(24,25)16-11-9-15(10-12-16)18-21-22-19(26-18)20-17(23)13-8-14-6-4-3-5-7-14/h3-13H,2H2,1H3,(H,20,22,23). The first kappa shape index (κ1) is 18.5. The topological polar surface area (TPSA) is 102 Å². The molecule has 1 N–H and O–H groups in total. The first-order chi connectivity index (χ1) is 13.0. The van der Waals surface area contributed by atoms with Crippen molar-refractivity contribution in [3.8, 4) is 11.5 Å². The number of carbonyl (C=O) groups is 1. The Kier molecular flexibility index (Phi) is 5.46. The highest BCUT2D eigenvalue weighted by Crippen LogP contribution is 2.22. The molecule has 2 aromatic carbocycles. The number of hydrogen-bond donors (Lipinski definition) is 1. The van der Waals surface area contributed by atoms with Crippen molar-refractivity contribution in [2.45, 2.75) is 11.8 Å². The number of sulfone groups is 1. The third-order valence-corrected chi connectivity index (χ3v) is 5.47. The zero-order valence-corrected chi connectivity index (χ0v) is 15.3. The van der Waals surface area contributed by atoms with Crippen LogP contribution in [-0.2, 0) is 14.6 Å². The summed E-state index contributed by atoms with van der Waals surface area (Å²) >= 11 is 0. The summed E-state index contributed by atoms with van der Waals surface area (Å²) in [6, 6.07) is 15.5. The van der Waals surface area contributed by atoms with Crippen LogP contribution in [0.2, 0.25) is 0 Å². The summed E-state index contributed by atoms with van der Waals surface area (Å²) in [6.07, 6.45) is 3.03. The second kappa shape index (κ2) is 7.96. The Morgan fingerprint density at radius 1 is 1.07 bits per heavy atom. The van der Waals surface area contributed by atoms with Crippen LogP contribution in [0.3, 0.4) is 0 Å². The van der Waals surface area contributed by atoms with E-state index < -0.39 is 15.7 Å². The molecule has 3 aromatic rings. The van der Waals surface area contributed by atoms with Gasteiger partial charge in [0.2, 0.25) is 5.89 Å². The molecule has 0 saturated heterocycles. The monoisotopic (exact) mass is 383 g/mol. The first-order valence-corrected chi connectivity index (χ1v) is 9.84. The molecular weight excluding hydrogens is 366 g/mol. The highest BCUT2D eigenvalue weighted by molar-refractivity contribution is 7.91. The van der Waals surface area contributed by atoms with Crippen molar-refractivity contribution in [2.24, 2.45) is 0 Å². The van der Waals surface area contributed by atoms with E-state index in [2.05, 4.69) is 15.5 Å². The van der Waals surface area contributed by atoms with Crippen molar-refractivity contribution in [2.75, 3.05) is 11.1 Å². The van der Waals surface area contributed by atoms with E-state index in [1.54, 1.807) is 25.1 Å². The summed E-state index contributed by atoms with van der Waals surface area (Å²) in [5.41, 5.74) is 1.44. The molecule has 0 saturated carbocycles. The van der Waals surface area contributed by atoms with E-state index in [-0.39, 0.29) is 22.6 Å². The van der Waals surface area contributed by atoms with Gasteiger partial charge in [-0.1, -0.05) is 42.4 Å². The Balaban J connectivity index is 1.68. The zero-order valence-electron chi connectivity index (χ0n) is 14.5. The van der Waals surface area contributed by atoms with Gasteiger partial charge < -0.3 is 4.42 Å². The van der Waals surface area contributed by atoms with Crippen molar-refractivity contribution in [1.82, 2.24) is 10.2 Å². The minimum absolute atomic E-state index is 0.0274. The average Bonchev–Trinajstić information content (AvgIpc) is 3.15. The number of benzene rings is 2. The quantitative estimate of drug-likeness (QED) is 0.656. The molecule has 0 spiro atoms.